The van der Waals surface area contributed by atoms with Crippen molar-refractivity contribution >= 4 is 15.6 Å². The van der Waals surface area contributed by atoms with E-state index in [1.807, 2.05) is 0 Å². The second-order valence-corrected chi connectivity index (χ2v) is 4.57. The van der Waals surface area contributed by atoms with E-state index >= 15 is 0 Å². The van der Waals surface area contributed by atoms with Crippen LogP contribution in [-0.2, 0) is 0 Å². The zero-order valence-corrected chi connectivity index (χ0v) is 7.08. The van der Waals surface area contributed by atoms with E-state index in [1.165, 1.54) is 0 Å². The largest absolute Gasteiger partial charge is 0.586 e. The third kappa shape index (κ3) is 1.79. The summed E-state index contributed by atoms with van der Waals surface area (Å²) in [5.41, 5.74) is 0. The molecule has 0 saturated carbocycles. The van der Waals surface area contributed by atoms with Crippen LogP contribution >= 0.6 is 10.5 Å². The molecule has 7 heteroatoms. The summed E-state index contributed by atoms with van der Waals surface area (Å²) in [6.07, 6.45) is 1.74. The summed E-state index contributed by atoms with van der Waals surface area (Å²) < 4.78 is 0. The maximum atomic E-state index is 10.3. The Kier molecular flexibility index (Phi) is 2.74. The molecule has 0 radical (unpaired) electrons. The molecule has 1 fully saturated rings. The molecule has 0 amide bonds. The van der Waals surface area contributed by atoms with Gasteiger partial charge in [-0.3, -0.25) is 20.2 Å². The molecule has 68 valence electrons. The lowest BCUT2D eigenvalue weighted by Gasteiger charge is -1.92. The van der Waals surface area contributed by atoms with E-state index < -0.39 is 25.4 Å². The molecule has 0 spiro atoms. The van der Waals surface area contributed by atoms with Gasteiger partial charge >= 0.3 is 5.11 Å². The number of hydrogen-bond donors (Lipinski definition) is 0. The zero-order valence-electron chi connectivity index (χ0n) is 6.26. The number of hydrogen-bond acceptors (Lipinski definition) is 4. The minimum atomic E-state index is -0.853. The highest BCUT2D eigenvalue weighted by molar-refractivity contribution is 8.15. The standard InChI is InChI=1S/C5H8N2O4S/c8-6(9)5(7(10)11)12-3-1-2-4-12/h1-4H2. The Balaban J connectivity index is 2.97. The van der Waals surface area contributed by atoms with E-state index in [1.54, 1.807) is 0 Å². The van der Waals surface area contributed by atoms with E-state index in [2.05, 4.69) is 0 Å². The van der Waals surface area contributed by atoms with Gasteiger partial charge in [0.15, 0.2) is 0 Å². The lowest BCUT2D eigenvalue weighted by Crippen LogP contribution is -2.22. The molecule has 0 bridgehead atoms. The van der Waals surface area contributed by atoms with Crippen LogP contribution in [0.4, 0.5) is 0 Å². The van der Waals surface area contributed by atoms with Crippen molar-refractivity contribution in [2.75, 3.05) is 11.5 Å². The molecule has 1 saturated heterocycles. The fourth-order valence-electron chi connectivity index (χ4n) is 1.11. The molecule has 0 aromatic rings. The molecule has 1 aliphatic heterocycles. The number of nitro groups is 2. The fourth-order valence-corrected chi connectivity index (χ4v) is 3.21. The first-order chi connectivity index (χ1) is 5.63. The summed E-state index contributed by atoms with van der Waals surface area (Å²) >= 11 is 0. The van der Waals surface area contributed by atoms with E-state index in [0.717, 1.165) is 12.8 Å². The van der Waals surface area contributed by atoms with Gasteiger partial charge in [-0.1, -0.05) is 0 Å². The molecule has 0 N–H and O–H groups in total. The normalized spacial score (nSPS) is 17.7. The average molecular weight is 192 g/mol. The smallest absolute Gasteiger partial charge is 0.253 e. The minimum absolute atomic E-state index is 0.608. The van der Waals surface area contributed by atoms with Gasteiger partial charge < -0.3 is 0 Å². The minimum Gasteiger partial charge on any atom is -0.253 e. The summed E-state index contributed by atoms with van der Waals surface area (Å²) in [6, 6.07) is 0. The van der Waals surface area contributed by atoms with Crippen LogP contribution < -0.4 is 0 Å². The fraction of sp³-hybridized carbons (Fsp3) is 0.800. The maximum absolute atomic E-state index is 10.3. The number of nitrogens with zero attached hydrogens (tertiary/aromatic N) is 2. The topological polar surface area (TPSA) is 86.3 Å². The van der Waals surface area contributed by atoms with Gasteiger partial charge in [-0.15, -0.1) is 0 Å². The lowest BCUT2D eigenvalue weighted by atomic mass is 10.4. The maximum Gasteiger partial charge on any atom is 0.586 e. The van der Waals surface area contributed by atoms with Crippen molar-refractivity contribution < 1.29 is 9.85 Å². The van der Waals surface area contributed by atoms with Crippen molar-refractivity contribution in [3.8, 4) is 0 Å². The van der Waals surface area contributed by atoms with Crippen molar-refractivity contribution in [1.82, 2.24) is 0 Å². The first-order valence-electron chi connectivity index (χ1n) is 3.46. The monoisotopic (exact) mass is 192 g/mol. The molecule has 1 aliphatic rings. The van der Waals surface area contributed by atoms with Crippen LogP contribution in [0.15, 0.2) is 0 Å². The van der Waals surface area contributed by atoms with Crippen LogP contribution in [0.3, 0.4) is 0 Å². The van der Waals surface area contributed by atoms with Crippen LogP contribution in [0.2, 0.25) is 0 Å². The molecule has 0 unspecified atom stereocenters. The third-order valence-electron chi connectivity index (χ3n) is 1.60. The predicted octanol–water partition coefficient (Wildman–Crippen LogP) is 0.690. The molecular formula is C5H8N2O4S. The second-order valence-electron chi connectivity index (χ2n) is 2.40. The summed E-state index contributed by atoms with van der Waals surface area (Å²) in [5.74, 6) is 1.22. The van der Waals surface area contributed by atoms with E-state index in [0.29, 0.717) is 11.5 Å². The van der Waals surface area contributed by atoms with Crippen molar-refractivity contribution in [3.63, 3.8) is 0 Å². The highest BCUT2D eigenvalue weighted by atomic mass is 32.2. The Morgan fingerprint density at radius 1 is 1.08 bits per heavy atom. The highest BCUT2D eigenvalue weighted by Gasteiger charge is 2.32. The number of rotatable bonds is 0. The first-order valence-corrected chi connectivity index (χ1v) is 5.02. The summed E-state index contributed by atoms with van der Waals surface area (Å²) in [4.78, 5) is 18.8. The van der Waals surface area contributed by atoms with Gasteiger partial charge in [-0.2, -0.15) is 0 Å². The van der Waals surface area contributed by atoms with Crippen LogP contribution in [0.1, 0.15) is 12.8 Å². The Morgan fingerprint density at radius 3 is 1.83 bits per heavy atom. The van der Waals surface area contributed by atoms with E-state index in [-0.39, 0.29) is 0 Å². The molecule has 1 heterocycles. The van der Waals surface area contributed by atoms with Crippen molar-refractivity contribution in [2.45, 2.75) is 12.8 Å². The zero-order chi connectivity index (χ0) is 9.14. The third-order valence-corrected chi connectivity index (χ3v) is 3.98. The van der Waals surface area contributed by atoms with E-state index in [4.69, 9.17) is 0 Å². The van der Waals surface area contributed by atoms with Gasteiger partial charge in [-0.05, 0) is 23.3 Å². The van der Waals surface area contributed by atoms with Crippen molar-refractivity contribution in [1.29, 1.82) is 0 Å². The Bertz CT molecular complexity index is 238. The highest BCUT2D eigenvalue weighted by Crippen LogP contribution is 2.26. The van der Waals surface area contributed by atoms with Crippen LogP contribution in [0, 0.1) is 20.2 Å². The quantitative estimate of drug-likeness (QED) is 0.321. The van der Waals surface area contributed by atoms with Gasteiger partial charge in [-0.25, -0.2) is 0 Å². The molecule has 0 aliphatic carbocycles. The van der Waals surface area contributed by atoms with Crippen molar-refractivity contribution in [3.05, 3.63) is 20.2 Å². The van der Waals surface area contributed by atoms with Crippen LogP contribution in [0.25, 0.3) is 0 Å². The predicted molar refractivity (Wildman–Crippen MR) is 45.6 cm³/mol. The van der Waals surface area contributed by atoms with Gasteiger partial charge in [0, 0.05) is 11.5 Å². The molecule has 0 atom stereocenters. The molecular weight excluding hydrogens is 184 g/mol. The second kappa shape index (κ2) is 3.61. The van der Waals surface area contributed by atoms with Crippen LogP contribution in [-0.4, -0.2) is 26.5 Å². The molecule has 6 nitrogen and oxygen atoms in total. The average Bonchev–Trinajstić information content (AvgIpc) is 2.37. The molecule has 1 rings (SSSR count). The van der Waals surface area contributed by atoms with E-state index in [9.17, 15) is 20.2 Å². The van der Waals surface area contributed by atoms with Gasteiger partial charge in [0.05, 0.1) is 0 Å². The first kappa shape index (κ1) is 9.11. The van der Waals surface area contributed by atoms with Gasteiger partial charge in [0.1, 0.15) is 9.85 Å². The summed E-state index contributed by atoms with van der Waals surface area (Å²) in [7, 11) is -0.707. The van der Waals surface area contributed by atoms with Crippen LogP contribution in [0.5, 0.6) is 0 Å². The summed E-state index contributed by atoms with van der Waals surface area (Å²) in [5, 5.41) is 19.8. The Morgan fingerprint density at radius 2 is 1.50 bits per heavy atom. The SMILES string of the molecule is O=[N+]([O-])C([N+](=O)[O-])=S1CCCC1. The molecule has 0 aromatic carbocycles. The van der Waals surface area contributed by atoms with Gasteiger partial charge in [0.2, 0.25) is 0 Å². The Hall–Kier alpha value is -0.980. The Labute approximate surface area is 70.8 Å². The van der Waals surface area contributed by atoms with Gasteiger partial charge in [0.25, 0.3) is 0 Å². The molecule has 12 heavy (non-hydrogen) atoms. The lowest BCUT2D eigenvalue weighted by molar-refractivity contribution is -0.495. The molecule has 0 aromatic heterocycles. The summed E-state index contributed by atoms with van der Waals surface area (Å²) in [6.45, 7) is 0. The van der Waals surface area contributed by atoms with Crippen molar-refractivity contribution in [2.24, 2.45) is 0 Å².